The second-order valence-corrected chi connectivity index (χ2v) is 7.92. The number of nitrogens with one attached hydrogen (secondary N) is 2. The van der Waals surface area contributed by atoms with Crippen molar-refractivity contribution in [3.05, 3.63) is 41.0 Å². The SMILES string of the molecule is O=C1NC(=O)c2c1cc(C[C@@H]1O[C@H](CO)[C@@H](O)[C@H](O)[C@H]1O)c1[nH]c3ccc(O)cc3c21. The van der Waals surface area contributed by atoms with Crippen molar-refractivity contribution in [2.75, 3.05) is 6.61 Å². The third-order valence-corrected chi connectivity index (χ3v) is 6.05. The molecule has 2 amide bonds. The molecule has 5 rings (SSSR count). The van der Waals surface area contributed by atoms with E-state index in [9.17, 15) is 35.1 Å². The van der Waals surface area contributed by atoms with Crippen molar-refractivity contribution in [3.8, 4) is 5.75 Å². The smallest absolute Gasteiger partial charge is 0.259 e. The van der Waals surface area contributed by atoms with Gasteiger partial charge in [-0.1, -0.05) is 0 Å². The lowest BCUT2D eigenvalue weighted by Crippen LogP contribution is -2.59. The monoisotopic (exact) mass is 428 g/mol. The van der Waals surface area contributed by atoms with Crippen LogP contribution in [0.5, 0.6) is 5.75 Å². The fourth-order valence-corrected chi connectivity index (χ4v) is 4.51. The maximum absolute atomic E-state index is 12.5. The van der Waals surface area contributed by atoms with E-state index in [0.29, 0.717) is 27.4 Å². The van der Waals surface area contributed by atoms with Crippen LogP contribution < -0.4 is 5.32 Å². The Morgan fingerprint density at radius 1 is 0.968 bits per heavy atom. The molecule has 3 heterocycles. The Balaban J connectivity index is 1.69. The Labute approximate surface area is 174 Å². The molecule has 1 saturated heterocycles. The van der Waals surface area contributed by atoms with Gasteiger partial charge in [-0.2, -0.15) is 0 Å². The lowest BCUT2D eigenvalue weighted by Gasteiger charge is -2.40. The molecule has 2 aliphatic rings. The molecule has 0 aliphatic carbocycles. The summed E-state index contributed by atoms with van der Waals surface area (Å²) >= 11 is 0. The normalized spacial score (nSPS) is 28.3. The number of ether oxygens (including phenoxy) is 1. The van der Waals surface area contributed by atoms with Crippen molar-refractivity contribution in [3.63, 3.8) is 0 Å². The number of aliphatic hydroxyl groups is 4. The number of fused-ring (bicyclic) bond motifs is 5. The minimum absolute atomic E-state index is 0.00813. The number of aromatic nitrogens is 1. The van der Waals surface area contributed by atoms with Crippen LogP contribution in [-0.2, 0) is 11.2 Å². The standard InChI is InChI=1S/C21H20N2O8/c24-6-13-18(27)19(28)17(26)12(31-13)4-7-3-10-15(21(30)23-20(10)29)14-9-5-8(25)1-2-11(9)22-16(7)14/h1-3,5,12-13,17-19,22,24-28H,4,6H2,(H,23,29,30)/t12-,13+,17-,18+,19+/m0/s1. The third kappa shape index (κ3) is 2.92. The van der Waals surface area contributed by atoms with Gasteiger partial charge < -0.3 is 35.3 Å². The number of carbonyl (C=O) groups excluding carboxylic acids is 2. The van der Waals surface area contributed by atoms with Crippen LogP contribution in [0.1, 0.15) is 26.3 Å². The topological polar surface area (TPSA) is 172 Å². The molecular formula is C21H20N2O8. The number of H-pyrrole nitrogens is 1. The molecule has 2 aromatic carbocycles. The molecule has 162 valence electrons. The number of aliphatic hydroxyl groups excluding tert-OH is 4. The summed E-state index contributed by atoms with van der Waals surface area (Å²) in [4.78, 5) is 28.0. The predicted molar refractivity (Wildman–Crippen MR) is 107 cm³/mol. The average molecular weight is 428 g/mol. The largest absolute Gasteiger partial charge is 0.508 e. The number of imide groups is 1. The summed E-state index contributed by atoms with van der Waals surface area (Å²) in [7, 11) is 0. The van der Waals surface area contributed by atoms with Gasteiger partial charge in [0.05, 0.1) is 29.4 Å². The summed E-state index contributed by atoms with van der Waals surface area (Å²) in [6, 6.07) is 6.14. The third-order valence-electron chi connectivity index (χ3n) is 6.05. The quantitative estimate of drug-likeness (QED) is 0.268. The van der Waals surface area contributed by atoms with Crippen molar-refractivity contribution in [1.29, 1.82) is 0 Å². The fourth-order valence-electron chi connectivity index (χ4n) is 4.51. The zero-order valence-corrected chi connectivity index (χ0v) is 16.1. The maximum Gasteiger partial charge on any atom is 0.259 e. The van der Waals surface area contributed by atoms with Crippen molar-refractivity contribution >= 4 is 33.6 Å². The van der Waals surface area contributed by atoms with Crippen LogP contribution in [0.15, 0.2) is 24.3 Å². The predicted octanol–water partition coefficient (Wildman–Crippen LogP) is -0.705. The Kier molecular flexibility index (Phi) is 4.50. The number of phenols is 1. The van der Waals surface area contributed by atoms with E-state index < -0.39 is 48.9 Å². The van der Waals surface area contributed by atoms with Gasteiger partial charge in [-0.3, -0.25) is 14.9 Å². The number of aromatic amines is 1. The van der Waals surface area contributed by atoms with Gasteiger partial charge in [-0.15, -0.1) is 0 Å². The summed E-state index contributed by atoms with van der Waals surface area (Å²) in [5.41, 5.74) is 2.01. The minimum atomic E-state index is -1.52. The van der Waals surface area contributed by atoms with E-state index in [1.807, 2.05) is 0 Å². The Morgan fingerprint density at radius 3 is 2.45 bits per heavy atom. The zero-order chi connectivity index (χ0) is 22.0. The van der Waals surface area contributed by atoms with Gasteiger partial charge in [0.1, 0.15) is 30.2 Å². The lowest BCUT2D eigenvalue weighted by atomic mass is 9.89. The van der Waals surface area contributed by atoms with Crippen LogP contribution in [0, 0.1) is 0 Å². The Bertz CT molecular complexity index is 1230. The highest BCUT2D eigenvalue weighted by Gasteiger charge is 2.43. The van der Waals surface area contributed by atoms with Gasteiger partial charge in [0.15, 0.2) is 0 Å². The molecule has 2 aliphatic heterocycles. The van der Waals surface area contributed by atoms with Gasteiger partial charge in [-0.05, 0) is 29.8 Å². The second-order valence-electron chi connectivity index (χ2n) is 7.92. The zero-order valence-electron chi connectivity index (χ0n) is 16.1. The summed E-state index contributed by atoms with van der Waals surface area (Å²) in [6.45, 7) is -0.552. The summed E-state index contributed by atoms with van der Waals surface area (Å²) in [6.07, 6.45) is -6.47. The Morgan fingerprint density at radius 2 is 1.71 bits per heavy atom. The number of benzene rings is 2. The number of hydrogen-bond donors (Lipinski definition) is 7. The molecule has 7 N–H and O–H groups in total. The molecule has 3 aromatic rings. The molecule has 0 unspecified atom stereocenters. The maximum atomic E-state index is 12.5. The molecule has 0 radical (unpaired) electrons. The first-order chi connectivity index (χ1) is 14.8. The van der Waals surface area contributed by atoms with Crippen LogP contribution in [-0.4, -0.2) is 79.5 Å². The van der Waals surface area contributed by atoms with Gasteiger partial charge in [-0.25, -0.2) is 0 Å². The number of rotatable bonds is 3. The molecule has 10 heteroatoms. The molecule has 5 atom stereocenters. The van der Waals surface area contributed by atoms with Crippen LogP contribution in [0.2, 0.25) is 0 Å². The molecule has 0 spiro atoms. The summed E-state index contributed by atoms with van der Waals surface area (Å²) < 4.78 is 5.61. The van der Waals surface area contributed by atoms with E-state index in [-0.39, 0.29) is 23.3 Å². The van der Waals surface area contributed by atoms with E-state index >= 15 is 0 Å². The van der Waals surface area contributed by atoms with Crippen molar-refractivity contribution < 1.29 is 39.9 Å². The lowest BCUT2D eigenvalue weighted by molar-refractivity contribution is -0.228. The first-order valence-electron chi connectivity index (χ1n) is 9.76. The van der Waals surface area contributed by atoms with E-state index in [1.165, 1.54) is 18.2 Å². The highest BCUT2D eigenvalue weighted by Crippen LogP contribution is 2.37. The van der Waals surface area contributed by atoms with Crippen molar-refractivity contribution in [2.24, 2.45) is 0 Å². The van der Waals surface area contributed by atoms with Crippen LogP contribution >= 0.6 is 0 Å². The molecule has 31 heavy (non-hydrogen) atoms. The first-order valence-corrected chi connectivity index (χ1v) is 9.76. The number of amides is 2. The highest BCUT2D eigenvalue weighted by atomic mass is 16.5. The number of aromatic hydroxyl groups is 1. The van der Waals surface area contributed by atoms with E-state index in [2.05, 4.69) is 10.3 Å². The molecule has 1 aromatic heterocycles. The molecule has 1 fully saturated rings. The Hall–Kier alpha value is -3.02. The summed E-state index contributed by atoms with van der Waals surface area (Å²) in [5, 5.41) is 53.2. The molecular weight excluding hydrogens is 408 g/mol. The summed E-state index contributed by atoms with van der Waals surface area (Å²) in [5.74, 6) is -1.12. The second kappa shape index (κ2) is 7.01. The van der Waals surface area contributed by atoms with E-state index in [0.717, 1.165) is 0 Å². The van der Waals surface area contributed by atoms with Crippen molar-refractivity contribution in [2.45, 2.75) is 36.9 Å². The molecule has 0 bridgehead atoms. The van der Waals surface area contributed by atoms with E-state index in [1.54, 1.807) is 6.07 Å². The minimum Gasteiger partial charge on any atom is -0.508 e. The van der Waals surface area contributed by atoms with Gasteiger partial charge in [0, 0.05) is 22.7 Å². The highest BCUT2D eigenvalue weighted by molar-refractivity contribution is 6.30. The number of carbonyl (C=O) groups is 2. The number of phenolic OH excluding ortho intramolecular Hbond substituents is 1. The van der Waals surface area contributed by atoms with Crippen LogP contribution in [0.3, 0.4) is 0 Å². The van der Waals surface area contributed by atoms with Gasteiger partial charge in [0.25, 0.3) is 11.8 Å². The average Bonchev–Trinajstić information content (AvgIpc) is 3.25. The molecule has 10 nitrogen and oxygen atoms in total. The van der Waals surface area contributed by atoms with Crippen molar-refractivity contribution in [1.82, 2.24) is 10.3 Å². The number of hydrogen-bond acceptors (Lipinski definition) is 8. The van der Waals surface area contributed by atoms with Gasteiger partial charge in [0.2, 0.25) is 0 Å². The van der Waals surface area contributed by atoms with Crippen LogP contribution in [0.4, 0.5) is 0 Å². The first kappa shape index (κ1) is 19.9. The van der Waals surface area contributed by atoms with Crippen LogP contribution in [0.25, 0.3) is 21.8 Å². The van der Waals surface area contributed by atoms with Gasteiger partial charge >= 0.3 is 0 Å². The molecule has 0 saturated carbocycles. The van der Waals surface area contributed by atoms with E-state index in [4.69, 9.17) is 4.74 Å². The fraction of sp³-hybridized carbons (Fsp3) is 0.333.